The summed E-state index contributed by atoms with van der Waals surface area (Å²) in [6.45, 7) is 6.93. The molecule has 0 radical (unpaired) electrons. The Labute approximate surface area is 135 Å². The molecule has 4 heteroatoms. The van der Waals surface area contributed by atoms with Crippen molar-refractivity contribution in [2.24, 2.45) is 0 Å². The molecule has 0 bridgehead atoms. The minimum absolute atomic E-state index is 0.175. The first-order chi connectivity index (χ1) is 9.63. The van der Waals surface area contributed by atoms with Crippen molar-refractivity contribution in [3.63, 3.8) is 0 Å². The monoisotopic (exact) mass is 386 g/mol. The van der Waals surface area contributed by atoms with Crippen LogP contribution in [-0.4, -0.2) is 36.5 Å². The van der Waals surface area contributed by atoms with Gasteiger partial charge in [0, 0.05) is 22.7 Å². The number of nitrogens with one attached hydrogen (secondary N) is 1. The summed E-state index contributed by atoms with van der Waals surface area (Å²) in [7, 11) is 0. The lowest BCUT2D eigenvalue weighted by molar-refractivity contribution is 0.0740. The van der Waals surface area contributed by atoms with Crippen LogP contribution in [-0.2, 0) is 0 Å². The summed E-state index contributed by atoms with van der Waals surface area (Å²) in [6.07, 6.45) is 3.40. The molecule has 0 aliphatic carbocycles. The van der Waals surface area contributed by atoms with Crippen molar-refractivity contribution in [2.75, 3.05) is 19.6 Å². The molecule has 110 valence electrons. The summed E-state index contributed by atoms with van der Waals surface area (Å²) in [4.78, 5) is 14.8. The molecule has 20 heavy (non-hydrogen) atoms. The van der Waals surface area contributed by atoms with E-state index >= 15 is 0 Å². The molecule has 1 amide bonds. The van der Waals surface area contributed by atoms with Gasteiger partial charge in [-0.2, -0.15) is 0 Å². The SMILES string of the molecule is CCCN(CC1CCCN1)C(=O)c1cccc(C)c1I. The van der Waals surface area contributed by atoms with Crippen LogP contribution in [0.2, 0.25) is 0 Å². The lowest BCUT2D eigenvalue weighted by Crippen LogP contribution is -2.41. The minimum Gasteiger partial charge on any atom is -0.337 e. The minimum atomic E-state index is 0.175. The fourth-order valence-electron chi connectivity index (χ4n) is 2.71. The van der Waals surface area contributed by atoms with E-state index < -0.39 is 0 Å². The molecule has 1 heterocycles. The second kappa shape index (κ2) is 7.41. The first kappa shape index (κ1) is 15.8. The number of benzene rings is 1. The van der Waals surface area contributed by atoms with Gasteiger partial charge in [0.05, 0.1) is 5.56 Å². The van der Waals surface area contributed by atoms with Crippen molar-refractivity contribution >= 4 is 28.5 Å². The van der Waals surface area contributed by atoms with Gasteiger partial charge in [-0.1, -0.05) is 19.1 Å². The Balaban J connectivity index is 2.14. The van der Waals surface area contributed by atoms with Gasteiger partial charge < -0.3 is 10.2 Å². The highest BCUT2D eigenvalue weighted by Gasteiger charge is 2.23. The topological polar surface area (TPSA) is 32.3 Å². The third-order valence-corrected chi connectivity index (χ3v) is 5.24. The predicted octanol–water partition coefficient (Wildman–Crippen LogP) is 3.20. The van der Waals surface area contributed by atoms with Crippen molar-refractivity contribution in [1.82, 2.24) is 10.2 Å². The van der Waals surface area contributed by atoms with Crippen LogP contribution in [0.25, 0.3) is 0 Å². The zero-order chi connectivity index (χ0) is 14.5. The summed E-state index contributed by atoms with van der Waals surface area (Å²) in [5.41, 5.74) is 2.02. The number of amides is 1. The molecule has 1 aromatic rings. The van der Waals surface area contributed by atoms with Crippen LogP contribution in [0.5, 0.6) is 0 Å². The molecular weight excluding hydrogens is 363 g/mol. The van der Waals surface area contributed by atoms with Gasteiger partial charge in [-0.05, 0) is 67.0 Å². The molecule has 1 unspecified atom stereocenters. The molecule has 1 atom stereocenters. The van der Waals surface area contributed by atoms with Gasteiger partial charge in [0.1, 0.15) is 0 Å². The molecule has 0 spiro atoms. The van der Waals surface area contributed by atoms with E-state index in [4.69, 9.17) is 0 Å². The van der Waals surface area contributed by atoms with Crippen LogP contribution in [0.1, 0.15) is 42.1 Å². The highest BCUT2D eigenvalue weighted by atomic mass is 127. The largest absolute Gasteiger partial charge is 0.337 e. The molecule has 1 aliphatic heterocycles. The Kier molecular flexibility index (Phi) is 5.84. The lowest BCUT2D eigenvalue weighted by Gasteiger charge is -2.26. The number of hydrogen-bond acceptors (Lipinski definition) is 2. The Hall–Kier alpha value is -0.620. The highest BCUT2D eigenvalue weighted by Crippen LogP contribution is 2.19. The fraction of sp³-hybridized carbons (Fsp3) is 0.562. The van der Waals surface area contributed by atoms with E-state index in [2.05, 4.69) is 47.8 Å². The Morgan fingerprint density at radius 2 is 2.30 bits per heavy atom. The van der Waals surface area contributed by atoms with Crippen LogP contribution < -0.4 is 5.32 Å². The summed E-state index contributed by atoms with van der Waals surface area (Å²) < 4.78 is 1.08. The van der Waals surface area contributed by atoms with E-state index in [0.717, 1.165) is 35.2 Å². The van der Waals surface area contributed by atoms with Crippen LogP contribution in [0.4, 0.5) is 0 Å². The summed E-state index contributed by atoms with van der Waals surface area (Å²) >= 11 is 2.28. The Morgan fingerprint density at radius 1 is 1.50 bits per heavy atom. The van der Waals surface area contributed by atoms with Gasteiger partial charge >= 0.3 is 0 Å². The van der Waals surface area contributed by atoms with Gasteiger partial charge in [0.25, 0.3) is 5.91 Å². The van der Waals surface area contributed by atoms with Gasteiger partial charge in [0.2, 0.25) is 0 Å². The van der Waals surface area contributed by atoms with Crippen molar-refractivity contribution in [3.05, 3.63) is 32.9 Å². The second-order valence-corrected chi connectivity index (χ2v) is 6.56. The number of carbonyl (C=O) groups is 1. The maximum absolute atomic E-state index is 12.8. The second-order valence-electron chi connectivity index (χ2n) is 5.48. The van der Waals surface area contributed by atoms with Crippen LogP contribution in [0.15, 0.2) is 18.2 Å². The number of aryl methyl sites for hydroxylation is 1. The first-order valence-electron chi connectivity index (χ1n) is 7.41. The average molecular weight is 386 g/mol. The standard InChI is InChI=1S/C16H23IN2O/c1-3-10-19(11-13-7-5-9-18-13)16(20)14-8-4-6-12(2)15(14)17/h4,6,8,13,18H,3,5,7,9-11H2,1-2H3. The summed E-state index contributed by atoms with van der Waals surface area (Å²) in [6, 6.07) is 6.44. The number of nitrogens with zero attached hydrogens (tertiary/aromatic N) is 1. The van der Waals surface area contributed by atoms with Crippen LogP contribution in [0, 0.1) is 10.5 Å². The van der Waals surface area contributed by atoms with Crippen molar-refractivity contribution in [2.45, 2.75) is 39.2 Å². The summed E-state index contributed by atoms with van der Waals surface area (Å²) in [5.74, 6) is 0.175. The first-order valence-corrected chi connectivity index (χ1v) is 8.49. The number of carbonyl (C=O) groups excluding carboxylic acids is 1. The third-order valence-electron chi connectivity index (χ3n) is 3.81. The van der Waals surface area contributed by atoms with E-state index in [9.17, 15) is 4.79 Å². The molecule has 1 fully saturated rings. The molecule has 2 rings (SSSR count). The van der Waals surface area contributed by atoms with E-state index in [1.165, 1.54) is 18.4 Å². The molecule has 3 nitrogen and oxygen atoms in total. The Bertz CT molecular complexity index is 470. The zero-order valence-electron chi connectivity index (χ0n) is 12.3. The predicted molar refractivity (Wildman–Crippen MR) is 91.1 cm³/mol. The van der Waals surface area contributed by atoms with Gasteiger partial charge in [0.15, 0.2) is 0 Å². The number of hydrogen-bond donors (Lipinski definition) is 1. The van der Waals surface area contributed by atoms with Gasteiger partial charge in [-0.15, -0.1) is 0 Å². The van der Waals surface area contributed by atoms with E-state index in [1.54, 1.807) is 0 Å². The van der Waals surface area contributed by atoms with Crippen molar-refractivity contribution < 1.29 is 4.79 Å². The quantitative estimate of drug-likeness (QED) is 0.789. The lowest BCUT2D eigenvalue weighted by atomic mass is 10.1. The normalized spacial score (nSPS) is 18.2. The van der Waals surface area contributed by atoms with Crippen LogP contribution >= 0.6 is 22.6 Å². The molecule has 1 saturated heterocycles. The Morgan fingerprint density at radius 3 is 2.95 bits per heavy atom. The van der Waals surface area contributed by atoms with Gasteiger partial charge in [-0.3, -0.25) is 4.79 Å². The van der Waals surface area contributed by atoms with Crippen molar-refractivity contribution in [1.29, 1.82) is 0 Å². The summed E-state index contributed by atoms with van der Waals surface area (Å²) in [5, 5.41) is 3.48. The molecule has 1 aromatic carbocycles. The smallest absolute Gasteiger partial charge is 0.254 e. The average Bonchev–Trinajstić information content (AvgIpc) is 2.94. The molecule has 1 aliphatic rings. The molecular formula is C16H23IN2O. The van der Waals surface area contributed by atoms with E-state index in [0.29, 0.717) is 6.04 Å². The molecule has 1 N–H and O–H groups in total. The van der Waals surface area contributed by atoms with Crippen LogP contribution in [0.3, 0.4) is 0 Å². The van der Waals surface area contributed by atoms with Crippen molar-refractivity contribution in [3.8, 4) is 0 Å². The van der Waals surface area contributed by atoms with E-state index in [1.807, 2.05) is 17.0 Å². The maximum Gasteiger partial charge on any atom is 0.254 e. The highest BCUT2D eigenvalue weighted by molar-refractivity contribution is 14.1. The number of halogens is 1. The van der Waals surface area contributed by atoms with Gasteiger partial charge in [-0.25, -0.2) is 0 Å². The molecule has 0 saturated carbocycles. The molecule has 0 aromatic heterocycles. The zero-order valence-corrected chi connectivity index (χ0v) is 14.4. The van der Waals surface area contributed by atoms with E-state index in [-0.39, 0.29) is 5.91 Å². The fourth-order valence-corrected chi connectivity index (χ4v) is 3.30. The number of rotatable bonds is 5. The third kappa shape index (κ3) is 3.73. The maximum atomic E-state index is 12.8.